The van der Waals surface area contributed by atoms with E-state index in [1.807, 2.05) is 0 Å². The molecule has 2 heterocycles. The Morgan fingerprint density at radius 1 is 1.35 bits per heavy atom. The van der Waals surface area contributed by atoms with Gasteiger partial charge in [0, 0.05) is 18.2 Å². The van der Waals surface area contributed by atoms with Crippen molar-refractivity contribution in [2.75, 3.05) is 18.0 Å². The molecule has 0 saturated carbocycles. The Morgan fingerprint density at radius 2 is 2.12 bits per heavy atom. The molecule has 2 atom stereocenters. The van der Waals surface area contributed by atoms with Crippen LogP contribution in [0.3, 0.4) is 0 Å². The summed E-state index contributed by atoms with van der Waals surface area (Å²) in [6, 6.07) is 2.17. The lowest BCUT2D eigenvalue weighted by molar-refractivity contribution is 0.156. The van der Waals surface area contributed by atoms with E-state index in [-0.39, 0.29) is 11.3 Å². The van der Waals surface area contributed by atoms with Crippen molar-refractivity contribution in [1.82, 2.24) is 0 Å². The van der Waals surface area contributed by atoms with E-state index in [2.05, 4.69) is 4.99 Å². The van der Waals surface area contributed by atoms with Crippen molar-refractivity contribution in [1.29, 1.82) is 0 Å². The van der Waals surface area contributed by atoms with Gasteiger partial charge in [0.2, 0.25) is 0 Å². The maximum absolute atomic E-state index is 13.6. The average molecular weight is 240 g/mol. The monoisotopic (exact) mass is 240 g/mol. The molecule has 0 bridgehead atoms. The highest BCUT2D eigenvalue weighted by Crippen LogP contribution is 2.40. The molecule has 2 unspecified atom stereocenters. The quantitative estimate of drug-likeness (QED) is 0.790. The first-order valence-corrected chi connectivity index (χ1v) is 5.26. The number of aliphatic hydroxyl groups is 1. The zero-order chi connectivity index (χ0) is 12.0. The lowest BCUT2D eigenvalue weighted by atomic mass is 10.1. The molecule has 1 N–H and O–H groups in total. The first-order chi connectivity index (χ1) is 8.16. The van der Waals surface area contributed by atoms with Gasteiger partial charge in [0.1, 0.15) is 17.7 Å². The predicted octanol–water partition coefficient (Wildman–Crippen LogP) is 1.20. The van der Waals surface area contributed by atoms with E-state index < -0.39 is 24.0 Å². The number of anilines is 1. The number of halogens is 2. The lowest BCUT2D eigenvalue weighted by Gasteiger charge is -2.16. The van der Waals surface area contributed by atoms with Crippen molar-refractivity contribution in [3.8, 4) is 0 Å². The third-order valence-electron chi connectivity index (χ3n) is 2.84. The van der Waals surface area contributed by atoms with Gasteiger partial charge in [0.15, 0.2) is 6.29 Å². The first-order valence-electron chi connectivity index (χ1n) is 5.26. The summed E-state index contributed by atoms with van der Waals surface area (Å²) in [5, 5.41) is 9.11. The van der Waals surface area contributed by atoms with Crippen LogP contribution in [0.15, 0.2) is 17.1 Å². The summed E-state index contributed by atoms with van der Waals surface area (Å²) in [6.45, 7) is 1.16. The molecule has 1 aromatic rings. The predicted molar refractivity (Wildman–Crippen MR) is 56.9 cm³/mol. The van der Waals surface area contributed by atoms with E-state index in [0.29, 0.717) is 13.1 Å². The van der Waals surface area contributed by atoms with E-state index in [0.717, 1.165) is 6.07 Å². The number of aliphatic imine (C=N–C) groups is 1. The van der Waals surface area contributed by atoms with E-state index >= 15 is 0 Å². The number of hydrogen-bond acceptors (Lipinski definition) is 4. The Kier molecular flexibility index (Phi) is 2.34. The van der Waals surface area contributed by atoms with Gasteiger partial charge in [-0.15, -0.1) is 0 Å². The van der Waals surface area contributed by atoms with Crippen LogP contribution in [0.25, 0.3) is 0 Å². The van der Waals surface area contributed by atoms with Crippen LogP contribution in [-0.2, 0) is 4.74 Å². The highest BCUT2D eigenvalue weighted by molar-refractivity contribution is 5.81. The second-order valence-electron chi connectivity index (χ2n) is 3.99. The van der Waals surface area contributed by atoms with Crippen LogP contribution < -0.4 is 4.90 Å². The summed E-state index contributed by atoms with van der Waals surface area (Å²) >= 11 is 0. The topological polar surface area (TPSA) is 48.4 Å². The van der Waals surface area contributed by atoms with Gasteiger partial charge in [-0.05, 0) is 6.07 Å². The minimum Gasteiger partial charge on any atom is -0.366 e. The Bertz CT molecular complexity index is 493. The van der Waals surface area contributed by atoms with E-state index in [4.69, 9.17) is 9.84 Å². The largest absolute Gasteiger partial charge is 0.366 e. The van der Waals surface area contributed by atoms with Crippen molar-refractivity contribution >= 4 is 12.0 Å². The Hall–Kier alpha value is -1.53. The molecule has 1 aromatic carbocycles. The van der Waals surface area contributed by atoms with Crippen molar-refractivity contribution in [2.45, 2.75) is 12.4 Å². The fourth-order valence-corrected chi connectivity index (χ4v) is 1.89. The highest BCUT2D eigenvalue weighted by Gasteiger charge is 2.41. The first kappa shape index (κ1) is 10.6. The van der Waals surface area contributed by atoms with Gasteiger partial charge in [-0.25, -0.2) is 8.78 Å². The van der Waals surface area contributed by atoms with Crippen molar-refractivity contribution in [3.63, 3.8) is 0 Å². The summed E-state index contributed by atoms with van der Waals surface area (Å²) in [4.78, 5) is 5.57. The maximum atomic E-state index is 13.6. The van der Waals surface area contributed by atoms with E-state index in [9.17, 15) is 8.78 Å². The molecule has 3 rings (SSSR count). The second kappa shape index (κ2) is 3.75. The third kappa shape index (κ3) is 1.79. The van der Waals surface area contributed by atoms with Gasteiger partial charge in [-0.2, -0.15) is 0 Å². The van der Waals surface area contributed by atoms with Crippen LogP contribution >= 0.6 is 0 Å². The molecular formula is C11H10F2N2O2. The number of aliphatic hydroxyl groups excluding tert-OH is 1. The van der Waals surface area contributed by atoms with Crippen LogP contribution in [0, 0.1) is 11.6 Å². The smallest absolute Gasteiger partial charge is 0.186 e. The van der Waals surface area contributed by atoms with Crippen molar-refractivity contribution in [2.24, 2.45) is 4.99 Å². The zero-order valence-corrected chi connectivity index (χ0v) is 8.81. The van der Waals surface area contributed by atoms with Gasteiger partial charge < -0.3 is 14.7 Å². The van der Waals surface area contributed by atoms with Gasteiger partial charge in [-0.3, -0.25) is 4.99 Å². The minimum absolute atomic E-state index is 0.175. The van der Waals surface area contributed by atoms with Crippen LogP contribution in [0.1, 0.15) is 11.7 Å². The molecule has 0 radical (unpaired) electrons. The van der Waals surface area contributed by atoms with E-state index in [1.54, 1.807) is 4.90 Å². The fourth-order valence-electron chi connectivity index (χ4n) is 1.89. The molecule has 90 valence electrons. The number of benzene rings is 1. The zero-order valence-electron chi connectivity index (χ0n) is 8.81. The summed E-state index contributed by atoms with van der Waals surface area (Å²) in [5.74, 6) is -1.35. The highest BCUT2D eigenvalue weighted by atomic mass is 19.1. The number of rotatable bonds is 2. The molecule has 6 heteroatoms. The molecule has 1 saturated heterocycles. The normalized spacial score (nSPS) is 26.6. The fraction of sp³-hybridized carbons (Fsp3) is 0.364. The average Bonchev–Trinajstić information content (AvgIpc) is 2.81. The van der Waals surface area contributed by atoms with Gasteiger partial charge in [-0.1, -0.05) is 0 Å². The third-order valence-corrected chi connectivity index (χ3v) is 2.84. The Labute approximate surface area is 96.1 Å². The number of epoxide rings is 1. The van der Waals surface area contributed by atoms with Crippen molar-refractivity contribution in [3.05, 3.63) is 29.3 Å². The van der Waals surface area contributed by atoms with Crippen LogP contribution in [0.4, 0.5) is 14.5 Å². The van der Waals surface area contributed by atoms with Gasteiger partial charge in [0.25, 0.3) is 0 Å². The van der Waals surface area contributed by atoms with Crippen LogP contribution in [0.5, 0.6) is 0 Å². The number of nitrogens with zero attached hydrogens (tertiary/aromatic N) is 2. The standard InChI is InChI=1S/C11H10F2N2O2/c12-7-4-8(13)9(15-2-1-14-5-15)3-6(7)10-11(16)17-10/h3-5,10-11,16H,1-2H2. The molecule has 0 aliphatic carbocycles. The molecular weight excluding hydrogens is 230 g/mol. The molecule has 4 nitrogen and oxygen atoms in total. The number of hydrogen-bond donors (Lipinski definition) is 1. The van der Waals surface area contributed by atoms with Crippen LogP contribution in [0.2, 0.25) is 0 Å². The summed E-state index contributed by atoms with van der Waals surface area (Å²) < 4.78 is 31.9. The molecule has 1 fully saturated rings. The maximum Gasteiger partial charge on any atom is 0.186 e. The second-order valence-corrected chi connectivity index (χ2v) is 3.99. The molecule has 0 aromatic heterocycles. The molecule has 0 amide bonds. The molecule has 2 aliphatic heterocycles. The van der Waals surface area contributed by atoms with Crippen LogP contribution in [-0.4, -0.2) is 30.8 Å². The molecule has 2 aliphatic rings. The minimum atomic E-state index is -0.991. The van der Waals surface area contributed by atoms with Gasteiger partial charge in [0.05, 0.1) is 18.6 Å². The SMILES string of the molecule is OC1OC1c1cc(N2C=NCC2)c(F)cc1F. The van der Waals surface area contributed by atoms with Gasteiger partial charge >= 0.3 is 0 Å². The summed E-state index contributed by atoms with van der Waals surface area (Å²) in [7, 11) is 0. The lowest BCUT2D eigenvalue weighted by Crippen LogP contribution is -2.20. The summed E-state index contributed by atoms with van der Waals surface area (Å²) in [5.41, 5.74) is 0.430. The molecule has 17 heavy (non-hydrogen) atoms. The molecule has 0 spiro atoms. The summed E-state index contributed by atoms with van der Waals surface area (Å²) in [6.07, 6.45) is -0.159. The Morgan fingerprint density at radius 3 is 2.71 bits per heavy atom. The van der Waals surface area contributed by atoms with E-state index in [1.165, 1.54) is 12.4 Å². The number of ether oxygens (including phenoxy) is 1. The van der Waals surface area contributed by atoms with Crippen molar-refractivity contribution < 1.29 is 18.6 Å². The Balaban J connectivity index is 2.00.